The van der Waals surface area contributed by atoms with Gasteiger partial charge in [-0.1, -0.05) is 52.0 Å². The van der Waals surface area contributed by atoms with Crippen molar-refractivity contribution in [1.82, 2.24) is 0 Å². The first-order valence-electron chi connectivity index (χ1n) is 6.54. The van der Waals surface area contributed by atoms with Crippen LogP contribution in [0.25, 0.3) is 0 Å². The third-order valence-electron chi connectivity index (χ3n) is 4.08. The van der Waals surface area contributed by atoms with Gasteiger partial charge >= 0.3 is 0 Å². The van der Waals surface area contributed by atoms with Crippen molar-refractivity contribution in [1.29, 1.82) is 0 Å². The van der Waals surface area contributed by atoms with Gasteiger partial charge in [-0.15, -0.1) is 0 Å². The largest absolute Gasteiger partial charge is 0.358 e. The standard InChI is InChI=1S/C16H24O/c1-7-16(15(5,6)17-16)13-10-8-12(9-11-13)14(2,3)4/h8-11H,7H2,1-6H3. The number of hydrogen-bond acceptors (Lipinski definition) is 1. The molecule has 1 saturated heterocycles. The minimum absolute atomic E-state index is 0.00893. The van der Waals surface area contributed by atoms with Crippen LogP contribution in [0.4, 0.5) is 0 Å². The van der Waals surface area contributed by atoms with E-state index in [9.17, 15) is 0 Å². The van der Waals surface area contributed by atoms with E-state index in [0.717, 1.165) is 6.42 Å². The first-order valence-corrected chi connectivity index (χ1v) is 6.54. The molecule has 1 aromatic rings. The maximum absolute atomic E-state index is 5.95. The summed E-state index contributed by atoms with van der Waals surface area (Å²) in [5.41, 5.74) is 2.86. The van der Waals surface area contributed by atoms with Crippen molar-refractivity contribution in [2.75, 3.05) is 0 Å². The molecule has 1 unspecified atom stereocenters. The van der Waals surface area contributed by atoms with Gasteiger partial charge in [-0.25, -0.2) is 0 Å². The maximum Gasteiger partial charge on any atom is 0.122 e. The van der Waals surface area contributed by atoms with Crippen LogP contribution >= 0.6 is 0 Å². The third-order valence-corrected chi connectivity index (χ3v) is 4.08. The molecule has 1 heteroatoms. The van der Waals surface area contributed by atoms with E-state index in [4.69, 9.17) is 4.74 Å². The molecule has 0 spiro atoms. The number of benzene rings is 1. The highest BCUT2D eigenvalue weighted by molar-refractivity contribution is 5.36. The van der Waals surface area contributed by atoms with Crippen LogP contribution in [0.5, 0.6) is 0 Å². The van der Waals surface area contributed by atoms with Crippen molar-refractivity contribution in [2.24, 2.45) is 0 Å². The molecule has 0 radical (unpaired) electrons. The highest BCUT2D eigenvalue weighted by atomic mass is 16.6. The average molecular weight is 232 g/mol. The molecule has 0 N–H and O–H groups in total. The molecular weight excluding hydrogens is 208 g/mol. The van der Waals surface area contributed by atoms with E-state index >= 15 is 0 Å². The molecule has 17 heavy (non-hydrogen) atoms. The molecule has 0 aromatic heterocycles. The molecule has 2 rings (SSSR count). The lowest BCUT2D eigenvalue weighted by Gasteiger charge is -2.20. The fraction of sp³-hybridized carbons (Fsp3) is 0.625. The summed E-state index contributed by atoms with van der Waals surface area (Å²) in [5.74, 6) is 0. The van der Waals surface area contributed by atoms with Crippen molar-refractivity contribution in [3.05, 3.63) is 35.4 Å². The number of ether oxygens (including phenoxy) is 1. The van der Waals surface area contributed by atoms with Gasteiger partial charge in [0, 0.05) is 0 Å². The van der Waals surface area contributed by atoms with Gasteiger partial charge in [0.05, 0.1) is 5.60 Å². The van der Waals surface area contributed by atoms with Crippen molar-refractivity contribution in [2.45, 2.75) is 64.6 Å². The average Bonchev–Trinajstić information content (AvgIpc) is 2.81. The van der Waals surface area contributed by atoms with Crippen LogP contribution in [0.15, 0.2) is 24.3 Å². The molecule has 1 nitrogen and oxygen atoms in total. The zero-order valence-corrected chi connectivity index (χ0v) is 11.9. The smallest absolute Gasteiger partial charge is 0.122 e. The summed E-state index contributed by atoms with van der Waals surface area (Å²) in [6, 6.07) is 8.95. The summed E-state index contributed by atoms with van der Waals surface area (Å²) in [4.78, 5) is 0. The molecule has 1 atom stereocenters. The van der Waals surface area contributed by atoms with Gasteiger partial charge in [-0.05, 0) is 36.8 Å². The van der Waals surface area contributed by atoms with Gasteiger partial charge in [0.2, 0.25) is 0 Å². The van der Waals surface area contributed by atoms with E-state index in [1.165, 1.54) is 11.1 Å². The number of rotatable bonds is 2. The quantitative estimate of drug-likeness (QED) is 0.689. The van der Waals surface area contributed by atoms with Crippen LogP contribution in [0.2, 0.25) is 0 Å². The second-order valence-electron chi connectivity index (χ2n) is 6.62. The summed E-state index contributed by atoms with van der Waals surface area (Å²) in [6.45, 7) is 13.3. The van der Waals surface area contributed by atoms with Crippen LogP contribution < -0.4 is 0 Å². The van der Waals surface area contributed by atoms with E-state index < -0.39 is 0 Å². The third kappa shape index (κ3) is 1.91. The lowest BCUT2D eigenvalue weighted by atomic mass is 9.82. The molecule has 1 heterocycles. The predicted octanol–water partition coefficient (Wildman–Crippen LogP) is 4.40. The first-order chi connectivity index (χ1) is 7.73. The van der Waals surface area contributed by atoms with Crippen LogP contribution in [0.3, 0.4) is 0 Å². The maximum atomic E-state index is 5.95. The SMILES string of the molecule is CCC1(c2ccc(C(C)(C)C)cc2)OC1(C)C. The highest BCUT2D eigenvalue weighted by Gasteiger charge is 2.63. The topological polar surface area (TPSA) is 12.5 Å². The highest BCUT2D eigenvalue weighted by Crippen LogP contribution is 2.57. The van der Waals surface area contributed by atoms with E-state index in [1.807, 2.05) is 0 Å². The van der Waals surface area contributed by atoms with Gasteiger partial charge in [0.15, 0.2) is 0 Å². The molecule has 1 aliphatic rings. The molecule has 0 aliphatic carbocycles. The Hall–Kier alpha value is -0.820. The van der Waals surface area contributed by atoms with E-state index in [-0.39, 0.29) is 16.6 Å². The molecule has 0 amide bonds. The number of epoxide rings is 1. The summed E-state index contributed by atoms with van der Waals surface area (Å²) < 4.78 is 5.95. The van der Waals surface area contributed by atoms with Crippen LogP contribution in [-0.4, -0.2) is 5.60 Å². The van der Waals surface area contributed by atoms with Crippen molar-refractivity contribution < 1.29 is 4.74 Å². The van der Waals surface area contributed by atoms with Crippen molar-refractivity contribution in [3.8, 4) is 0 Å². The Morgan fingerprint density at radius 3 is 1.82 bits per heavy atom. The lowest BCUT2D eigenvalue weighted by molar-refractivity contribution is 0.271. The van der Waals surface area contributed by atoms with Gasteiger partial charge in [0.25, 0.3) is 0 Å². The predicted molar refractivity (Wildman–Crippen MR) is 72.3 cm³/mol. The summed E-state index contributed by atoms with van der Waals surface area (Å²) in [5, 5.41) is 0. The summed E-state index contributed by atoms with van der Waals surface area (Å²) >= 11 is 0. The molecule has 94 valence electrons. The fourth-order valence-electron chi connectivity index (χ4n) is 2.76. The van der Waals surface area contributed by atoms with Crippen LogP contribution in [0, 0.1) is 0 Å². The second kappa shape index (κ2) is 3.58. The van der Waals surface area contributed by atoms with Gasteiger partial charge in [-0.2, -0.15) is 0 Å². The molecule has 1 fully saturated rings. The fourth-order valence-corrected chi connectivity index (χ4v) is 2.76. The number of hydrogen-bond donors (Lipinski definition) is 0. The summed E-state index contributed by atoms with van der Waals surface area (Å²) in [6.07, 6.45) is 1.04. The molecule has 1 aliphatic heterocycles. The minimum Gasteiger partial charge on any atom is -0.358 e. The Bertz CT molecular complexity index is 408. The Morgan fingerprint density at radius 1 is 1.06 bits per heavy atom. The first kappa shape index (κ1) is 12.6. The normalized spacial score (nSPS) is 26.9. The lowest BCUT2D eigenvalue weighted by Crippen LogP contribution is -2.18. The Labute approximate surface area is 105 Å². The Kier molecular flexibility index (Phi) is 2.66. The van der Waals surface area contributed by atoms with Gasteiger partial charge in [-0.3, -0.25) is 0 Å². The van der Waals surface area contributed by atoms with Crippen LogP contribution in [-0.2, 0) is 15.8 Å². The van der Waals surface area contributed by atoms with E-state index in [2.05, 4.69) is 65.8 Å². The van der Waals surface area contributed by atoms with Gasteiger partial charge < -0.3 is 4.74 Å². The summed E-state index contributed by atoms with van der Waals surface area (Å²) in [7, 11) is 0. The van der Waals surface area contributed by atoms with Crippen molar-refractivity contribution >= 4 is 0 Å². The molecule has 0 saturated carbocycles. The zero-order valence-electron chi connectivity index (χ0n) is 11.9. The van der Waals surface area contributed by atoms with E-state index in [1.54, 1.807) is 0 Å². The minimum atomic E-state index is -0.0522. The van der Waals surface area contributed by atoms with Crippen molar-refractivity contribution in [3.63, 3.8) is 0 Å². The van der Waals surface area contributed by atoms with Gasteiger partial charge in [0.1, 0.15) is 5.60 Å². The van der Waals surface area contributed by atoms with E-state index in [0.29, 0.717) is 0 Å². The molecular formula is C16H24O. The van der Waals surface area contributed by atoms with Crippen LogP contribution in [0.1, 0.15) is 59.1 Å². The molecule has 1 aromatic carbocycles. The Morgan fingerprint density at radius 2 is 1.53 bits per heavy atom. The Balaban J connectivity index is 2.31. The molecule has 0 bridgehead atoms. The zero-order chi connectivity index (χ0) is 12.9. The monoisotopic (exact) mass is 232 g/mol. The second-order valence-corrected chi connectivity index (χ2v) is 6.62.